The average molecular weight is 885 g/mol. The number of hydrogen-bond acceptors (Lipinski definition) is 4. The molecule has 62 heavy (non-hydrogen) atoms. The van der Waals surface area contributed by atoms with Gasteiger partial charge < -0.3 is 19.6 Å². The topological polar surface area (TPSA) is 149 Å². The summed E-state index contributed by atoms with van der Waals surface area (Å²) in [5, 5.41) is 0. The molecule has 0 radical (unpaired) electrons. The van der Waals surface area contributed by atoms with Crippen molar-refractivity contribution in [1.82, 2.24) is 9.97 Å². The Morgan fingerprint density at radius 1 is 0.435 bits per heavy atom. The Morgan fingerprint density at radius 3 is 1.13 bits per heavy atom. The minimum Gasteiger partial charge on any atom is -0.324 e. The third kappa shape index (κ3) is 14.7. The van der Waals surface area contributed by atoms with E-state index in [4.69, 9.17) is 19.6 Å². The van der Waals surface area contributed by atoms with Gasteiger partial charge in [0.2, 0.25) is 0 Å². The van der Waals surface area contributed by atoms with Crippen LogP contribution in [0.1, 0.15) is 77.0 Å². The fraction of sp³-hybridized carbons (Fsp3) is 0.333. The molecule has 0 aliphatic carbocycles. The van der Waals surface area contributed by atoms with E-state index in [1.165, 1.54) is 18.2 Å². The molecular weight excluding hydrogens is 828 g/mol. The molecule has 0 aliphatic rings. The largest absolute Gasteiger partial charge is 0.325 e. The predicted octanol–water partition coefficient (Wildman–Crippen LogP) is 10.7. The zero-order valence-electron chi connectivity index (χ0n) is 34.9. The second kappa shape index (κ2) is 22.5. The van der Waals surface area contributed by atoms with E-state index in [1.54, 1.807) is 0 Å². The minimum atomic E-state index is -3.90. The Balaban J connectivity index is 1.09. The maximum absolute atomic E-state index is 15.1. The summed E-state index contributed by atoms with van der Waals surface area (Å²) in [5.74, 6) is -1.52. The van der Waals surface area contributed by atoms with Crippen molar-refractivity contribution in [3.05, 3.63) is 133 Å². The number of aryl methyl sites for hydroxylation is 2. The van der Waals surface area contributed by atoms with Crippen LogP contribution in [0.3, 0.4) is 0 Å². The Bertz CT molecular complexity index is 2280. The van der Waals surface area contributed by atoms with E-state index in [-0.39, 0.29) is 23.7 Å². The molecule has 14 heteroatoms. The first-order valence-electron chi connectivity index (χ1n) is 21.4. The lowest BCUT2D eigenvalue weighted by atomic mass is 10.0. The highest BCUT2D eigenvalue weighted by Crippen LogP contribution is 2.37. The van der Waals surface area contributed by atoms with Gasteiger partial charge in [0.1, 0.15) is 24.7 Å². The van der Waals surface area contributed by atoms with Crippen LogP contribution < -0.4 is 9.13 Å². The highest BCUT2D eigenvalue weighted by Gasteiger charge is 2.18. The fourth-order valence-electron chi connectivity index (χ4n) is 7.47. The van der Waals surface area contributed by atoms with Gasteiger partial charge >= 0.3 is 15.2 Å². The fourth-order valence-corrected chi connectivity index (χ4v) is 8.74. The van der Waals surface area contributed by atoms with E-state index < -0.39 is 26.8 Å². The Morgan fingerprint density at radius 2 is 0.758 bits per heavy atom. The Kier molecular flexibility index (Phi) is 17.0. The zero-order valence-corrected chi connectivity index (χ0v) is 36.7. The zero-order chi connectivity index (χ0) is 44.0. The maximum atomic E-state index is 15.1. The molecule has 0 fully saturated rings. The maximum Gasteiger partial charge on any atom is 0.325 e. The number of pyridine rings is 2. The lowest BCUT2D eigenvalue weighted by Gasteiger charge is -2.11. The third-order valence-electron chi connectivity index (χ3n) is 11.0. The molecule has 4 N–H and O–H groups in total. The standard InChI is InChI=1S/C48H54F2N4O6P2/c49-43-14-13-15-44(50)47(43)48-51-45(41-20-16-37(17-21-41)39-24-30-53(31-25-39)28-9-5-1-3-7-11-34-61(55,56)57)36-46(52-48)42-22-18-38(19-23-42)40-26-32-54(33-27-40)29-10-6-2-4-8-12-35-62(58,59)60/h13-27,30-33,36H,1-12,28-29,34-35H2,(H2-2,55,56,57,58,59,60)/p+2. The number of nitrogens with zero attached hydrogens (tertiary/aromatic N) is 4. The quantitative estimate of drug-likeness (QED) is 0.0282. The summed E-state index contributed by atoms with van der Waals surface area (Å²) in [4.78, 5) is 45.3. The molecule has 0 unspecified atom stereocenters. The van der Waals surface area contributed by atoms with Gasteiger partial charge in [-0.2, -0.15) is 0 Å². The normalized spacial score (nSPS) is 11.9. The van der Waals surface area contributed by atoms with Gasteiger partial charge in [-0.15, -0.1) is 0 Å². The van der Waals surface area contributed by atoms with Gasteiger partial charge in [0.15, 0.2) is 30.6 Å². The highest BCUT2D eigenvalue weighted by molar-refractivity contribution is 7.52. The summed E-state index contributed by atoms with van der Waals surface area (Å²) < 4.78 is 56.5. The molecule has 0 spiro atoms. The van der Waals surface area contributed by atoms with Gasteiger partial charge in [-0.3, -0.25) is 9.13 Å². The molecule has 0 bridgehead atoms. The molecule has 6 aromatic rings. The Labute approximate surface area is 362 Å². The first-order valence-corrected chi connectivity index (χ1v) is 25.0. The van der Waals surface area contributed by atoms with Crippen LogP contribution in [0.2, 0.25) is 0 Å². The number of unbranched alkanes of at least 4 members (excludes halogenated alkanes) is 10. The molecule has 0 amide bonds. The summed E-state index contributed by atoms with van der Waals surface area (Å²) in [7, 11) is -7.79. The van der Waals surface area contributed by atoms with Crippen molar-refractivity contribution in [1.29, 1.82) is 0 Å². The highest BCUT2D eigenvalue weighted by atomic mass is 31.2. The van der Waals surface area contributed by atoms with Crippen molar-refractivity contribution in [3.8, 4) is 56.2 Å². The number of hydrogen-bond donors (Lipinski definition) is 4. The van der Waals surface area contributed by atoms with Crippen LogP contribution in [0.4, 0.5) is 8.78 Å². The van der Waals surface area contributed by atoms with Crippen molar-refractivity contribution < 1.29 is 46.6 Å². The predicted molar refractivity (Wildman–Crippen MR) is 239 cm³/mol. The second-order valence-electron chi connectivity index (χ2n) is 15.9. The van der Waals surface area contributed by atoms with E-state index in [0.717, 1.165) is 111 Å². The SMILES string of the molecule is O=P(O)(O)CCCCCCCC[n+]1ccc(-c2ccc(-c3cc(-c4ccc(-c5cc[n+](CCCCCCCCP(=O)(O)O)cc5)cc4)nc(-c4c(F)cccc4F)n3)cc2)cc1. The van der Waals surface area contributed by atoms with Gasteiger partial charge in [0, 0.05) is 60.6 Å². The van der Waals surface area contributed by atoms with Crippen LogP contribution in [0.15, 0.2) is 122 Å². The molecule has 0 atom stereocenters. The van der Waals surface area contributed by atoms with Crippen LogP contribution in [-0.2, 0) is 22.2 Å². The summed E-state index contributed by atoms with van der Waals surface area (Å²) in [6.07, 6.45) is 19.1. The lowest BCUT2D eigenvalue weighted by molar-refractivity contribution is -0.697. The van der Waals surface area contributed by atoms with Crippen LogP contribution in [0.25, 0.3) is 56.2 Å². The number of benzene rings is 3. The summed E-state index contributed by atoms with van der Waals surface area (Å²) in [5.41, 5.74) is 6.45. The van der Waals surface area contributed by atoms with E-state index in [0.29, 0.717) is 24.2 Å². The van der Waals surface area contributed by atoms with E-state index in [9.17, 15) is 9.13 Å². The van der Waals surface area contributed by atoms with Gasteiger partial charge in [0.25, 0.3) is 0 Å². The number of rotatable bonds is 23. The van der Waals surface area contributed by atoms with Crippen molar-refractivity contribution in [2.75, 3.05) is 12.3 Å². The van der Waals surface area contributed by atoms with Gasteiger partial charge in [-0.05, 0) is 66.1 Å². The van der Waals surface area contributed by atoms with E-state index in [2.05, 4.69) is 68.2 Å². The number of aromatic nitrogens is 4. The van der Waals surface area contributed by atoms with Crippen LogP contribution in [-0.4, -0.2) is 41.9 Å². The molecule has 10 nitrogen and oxygen atoms in total. The second-order valence-corrected chi connectivity index (χ2v) is 19.4. The Hall–Kier alpha value is -4.80. The van der Waals surface area contributed by atoms with Crippen molar-refractivity contribution in [3.63, 3.8) is 0 Å². The molecule has 3 aromatic carbocycles. The van der Waals surface area contributed by atoms with E-state index in [1.807, 2.05) is 54.6 Å². The van der Waals surface area contributed by atoms with Crippen LogP contribution in [0, 0.1) is 11.6 Å². The van der Waals surface area contributed by atoms with Crippen molar-refractivity contribution >= 4 is 15.2 Å². The first-order chi connectivity index (χ1) is 29.8. The van der Waals surface area contributed by atoms with Gasteiger partial charge in [-0.25, -0.2) is 27.9 Å². The van der Waals surface area contributed by atoms with Crippen molar-refractivity contribution in [2.24, 2.45) is 0 Å². The first kappa shape index (κ1) is 46.7. The lowest BCUT2D eigenvalue weighted by Crippen LogP contribution is -2.32. The third-order valence-corrected chi connectivity index (χ3v) is 12.8. The van der Waals surface area contributed by atoms with Crippen LogP contribution in [0.5, 0.6) is 0 Å². The summed E-state index contributed by atoms with van der Waals surface area (Å²) in [6.45, 7) is 1.77. The minimum absolute atomic E-state index is 0.0359. The molecule has 3 heterocycles. The summed E-state index contributed by atoms with van der Waals surface area (Å²) in [6, 6.07) is 29.7. The van der Waals surface area contributed by atoms with Gasteiger partial charge in [0.05, 0.1) is 17.0 Å². The molecular formula is C48H56F2N4O6P2+2. The monoisotopic (exact) mass is 884 g/mol. The molecule has 326 valence electrons. The van der Waals surface area contributed by atoms with Crippen molar-refractivity contribution in [2.45, 2.75) is 90.1 Å². The van der Waals surface area contributed by atoms with Crippen LogP contribution >= 0.6 is 15.2 Å². The molecule has 0 saturated heterocycles. The van der Waals surface area contributed by atoms with E-state index >= 15 is 8.78 Å². The summed E-state index contributed by atoms with van der Waals surface area (Å²) >= 11 is 0. The molecule has 0 aliphatic heterocycles. The van der Waals surface area contributed by atoms with Gasteiger partial charge in [-0.1, -0.05) is 93.1 Å². The number of halogens is 2. The molecule has 6 rings (SSSR count). The molecule has 0 saturated carbocycles. The molecule has 3 aromatic heterocycles. The smallest absolute Gasteiger partial charge is 0.324 e. The average Bonchev–Trinajstić information content (AvgIpc) is 3.25.